The zero-order chi connectivity index (χ0) is 25.7. The molecule has 35 heavy (non-hydrogen) atoms. The molecule has 0 radical (unpaired) electrons. The molecule has 1 N–H and O–H groups in total. The molecule has 1 amide bonds. The number of carbonyl (C=O) groups is 2. The standard InChI is InChI=1S/C30H46N2O3/c1-7-16-30-21-25(23(3)20-24-12-8-9-19-31-24)32-27(34)15-18-28(4,5)26(33)14-13-22(2)11-10-17-29(30,6)35-30/h8-9,12,19-20,22,25H,7,10-11,13-18,21H2,1-6H3,(H,32,34). The minimum absolute atomic E-state index is 0.000824. The Kier molecular flexibility index (Phi) is 8.96. The van der Waals surface area contributed by atoms with Gasteiger partial charge in [-0.3, -0.25) is 14.6 Å². The third-order valence-corrected chi connectivity index (χ3v) is 8.43. The number of epoxide rings is 1. The Hall–Kier alpha value is -2.01. The number of ether oxygens (including phenoxy) is 1. The van der Waals surface area contributed by atoms with Crippen molar-refractivity contribution in [3.63, 3.8) is 0 Å². The number of carbonyl (C=O) groups excluding carboxylic acids is 2. The predicted molar refractivity (Wildman–Crippen MR) is 142 cm³/mol. The lowest BCUT2D eigenvalue weighted by molar-refractivity contribution is -0.128. The smallest absolute Gasteiger partial charge is 0.220 e. The number of nitrogens with one attached hydrogen (secondary N) is 1. The molecule has 1 aromatic heterocycles. The summed E-state index contributed by atoms with van der Waals surface area (Å²) in [6.45, 7) is 12.8. The van der Waals surface area contributed by atoms with Gasteiger partial charge in [0, 0.05) is 30.9 Å². The SMILES string of the molecule is CCCC12CC(C(C)=Cc3ccccn3)NC(=O)CCC(C)(C)C(=O)CCC(C)CCCC1(C)O2. The van der Waals surface area contributed by atoms with E-state index in [-0.39, 0.29) is 28.9 Å². The maximum Gasteiger partial charge on any atom is 0.220 e. The summed E-state index contributed by atoms with van der Waals surface area (Å²) >= 11 is 0. The van der Waals surface area contributed by atoms with Crippen LogP contribution in [-0.4, -0.2) is 33.9 Å². The normalized spacial score (nSPS) is 33.0. The molecule has 0 saturated carbocycles. The number of hydrogen-bond acceptors (Lipinski definition) is 4. The molecule has 0 aliphatic carbocycles. The molecule has 2 fully saturated rings. The van der Waals surface area contributed by atoms with E-state index >= 15 is 0 Å². The highest BCUT2D eigenvalue weighted by molar-refractivity contribution is 5.85. The first kappa shape index (κ1) is 27.6. The molecule has 1 aromatic rings. The molecule has 2 aliphatic heterocycles. The first-order valence-corrected chi connectivity index (χ1v) is 13.6. The average Bonchev–Trinajstić information content (AvgIpc) is 3.38. The molecule has 4 atom stereocenters. The fourth-order valence-corrected chi connectivity index (χ4v) is 5.69. The van der Waals surface area contributed by atoms with Crippen LogP contribution in [0.15, 0.2) is 30.0 Å². The van der Waals surface area contributed by atoms with Gasteiger partial charge in [-0.25, -0.2) is 0 Å². The van der Waals surface area contributed by atoms with Crippen LogP contribution < -0.4 is 5.32 Å². The number of hydrogen-bond donors (Lipinski definition) is 1. The molecule has 0 bridgehead atoms. The lowest BCUT2D eigenvalue weighted by atomic mass is 9.78. The zero-order valence-corrected chi connectivity index (χ0v) is 22.8. The molecule has 3 heterocycles. The number of aromatic nitrogens is 1. The van der Waals surface area contributed by atoms with E-state index in [4.69, 9.17) is 4.74 Å². The highest BCUT2D eigenvalue weighted by atomic mass is 16.6. The fourth-order valence-electron chi connectivity index (χ4n) is 5.69. The van der Waals surface area contributed by atoms with Gasteiger partial charge < -0.3 is 10.1 Å². The number of nitrogens with zero attached hydrogens (tertiary/aromatic N) is 1. The monoisotopic (exact) mass is 482 g/mol. The number of Topliss-reactive ketones (excluding diaryl/α,β-unsaturated/α-hetero) is 1. The zero-order valence-electron chi connectivity index (χ0n) is 22.8. The molecular weight excluding hydrogens is 436 g/mol. The van der Waals surface area contributed by atoms with Gasteiger partial charge in [-0.2, -0.15) is 0 Å². The third-order valence-electron chi connectivity index (χ3n) is 8.43. The topological polar surface area (TPSA) is 71.6 Å². The van der Waals surface area contributed by atoms with Crippen LogP contribution in [0.5, 0.6) is 0 Å². The van der Waals surface area contributed by atoms with Crippen LogP contribution in [0.1, 0.15) is 111 Å². The van der Waals surface area contributed by atoms with Crippen molar-refractivity contribution in [1.82, 2.24) is 10.3 Å². The second-order valence-electron chi connectivity index (χ2n) is 11.9. The second kappa shape index (κ2) is 11.4. The Balaban J connectivity index is 1.88. The first-order valence-electron chi connectivity index (χ1n) is 13.6. The summed E-state index contributed by atoms with van der Waals surface area (Å²) in [5, 5.41) is 3.31. The Morgan fingerprint density at radius 1 is 1.17 bits per heavy atom. The van der Waals surface area contributed by atoms with E-state index in [0.717, 1.165) is 56.2 Å². The predicted octanol–water partition coefficient (Wildman–Crippen LogP) is 6.66. The highest BCUT2D eigenvalue weighted by Crippen LogP contribution is 2.57. The number of ketones is 1. The Labute approximate surface area is 212 Å². The van der Waals surface area contributed by atoms with Crippen LogP contribution in [0.25, 0.3) is 6.08 Å². The summed E-state index contributed by atoms with van der Waals surface area (Å²) in [6, 6.07) is 5.73. The summed E-state index contributed by atoms with van der Waals surface area (Å²) in [7, 11) is 0. The number of pyridine rings is 1. The van der Waals surface area contributed by atoms with Crippen molar-refractivity contribution in [3.8, 4) is 0 Å². The van der Waals surface area contributed by atoms with Crippen molar-refractivity contribution in [3.05, 3.63) is 35.7 Å². The van der Waals surface area contributed by atoms with Gasteiger partial charge in [-0.15, -0.1) is 0 Å². The van der Waals surface area contributed by atoms with Crippen LogP contribution in [0, 0.1) is 11.3 Å². The maximum atomic E-state index is 13.1. The molecule has 0 spiro atoms. The van der Waals surface area contributed by atoms with E-state index in [1.54, 1.807) is 6.20 Å². The third kappa shape index (κ3) is 7.03. The molecule has 2 saturated heterocycles. The Bertz CT molecular complexity index is 909. The van der Waals surface area contributed by atoms with Gasteiger partial charge in [0.2, 0.25) is 5.91 Å². The molecule has 5 heteroatoms. The van der Waals surface area contributed by atoms with Gasteiger partial charge in [0.05, 0.1) is 22.9 Å². The summed E-state index contributed by atoms with van der Waals surface area (Å²) in [4.78, 5) is 30.5. The van der Waals surface area contributed by atoms with Crippen LogP contribution in [-0.2, 0) is 14.3 Å². The largest absolute Gasteiger partial charge is 0.363 e. The summed E-state index contributed by atoms with van der Waals surface area (Å²) in [5.41, 5.74) is 1.11. The summed E-state index contributed by atoms with van der Waals surface area (Å²) in [6.07, 6.45) is 12.3. The van der Waals surface area contributed by atoms with Gasteiger partial charge in [0.15, 0.2) is 0 Å². The van der Waals surface area contributed by atoms with E-state index in [2.05, 4.69) is 44.1 Å². The Morgan fingerprint density at radius 2 is 1.94 bits per heavy atom. The Morgan fingerprint density at radius 3 is 2.63 bits per heavy atom. The average molecular weight is 483 g/mol. The lowest BCUT2D eigenvalue weighted by Gasteiger charge is -2.28. The summed E-state index contributed by atoms with van der Waals surface area (Å²) < 4.78 is 6.56. The first-order chi connectivity index (χ1) is 16.5. The van der Waals surface area contributed by atoms with E-state index in [1.165, 1.54) is 0 Å². The number of amides is 1. The van der Waals surface area contributed by atoms with E-state index < -0.39 is 5.41 Å². The van der Waals surface area contributed by atoms with Crippen molar-refractivity contribution >= 4 is 17.8 Å². The van der Waals surface area contributed by atoms with Gasteiger partial charge in [-0.1, -0.05) is 53.0 Å². The van der Waals surface area contributed by atoms with Crippen molar-refractivity contribution in [2.75, 3.05) is 0 Å². The molecule has 0 aromatic carbocycles. The van der Waals surface area contributed by atoms with Gasteiger partial charge in [0.25, 0.3) is 0 Å². The molecule has 4 unspecified atom stereocenters. The van der Waals surface area contributed by atoms with Gasteiger partial charge in [0.1, 0.15) is 5.78 Å². The van der Waals surface area contributed by atoms with Crippen LogP contribution in [0.4, 0.5) is 0 Å². The minimum atomic E-state index is -0.482. The lowest BCUT2D eigenvalue weighted by Crippen LogP contribution is -2.41. The quantitative estimate of drug-likeness (QED) is 0.487. The molecular formula is C30H46N2O3. The maximum absolute atomic E-state index is 13.1. The van der Waals surface area contributed by atoms with Crippen LogP contribution >= 0.6 is 0 Å². The van der Waals surface area contributed by atoms with Gasteiger partial charge in [-0.05, 0) is 69.2 Å². The highest BCUT2D eigenvalue weighted by Gasteiger charge is 2.65. The molecule has 2 aliphatic rings. The van der Waals surface area contributed by atoms with Crippen molar-refractivity contribution in [1.29, 1.82) is 0 Å². The van der Waals surface area contributed by atoms with E-state index in [0.29, 0.717) is 25.2 Å². The molecule has 5 nitrogen and oxygen atoms in total. The van der Waals surface area contributed by atoms with Crippen molar-refractivity contribution < 1.29 is 14.3 Å². The van der Waals surface area contributed by atoms with Crippen LogP contribution in [0.2, 0.25) is 0 Å². The number of fused-ring (bicyclic) bond motifs is 1. The molecule has 3 rings (SSSR count). The van der Waals surface area contributed by atoms with Crippen molar-refractivity contribution in [2.45, 2.75) is 123 Å². The minimum Gasteiger partial charge on any atom is -0.363 e. The van der Waals surface area contributed by atoms with Crippen molar-refractivity contribution in [2.24, 2.45) is 11.3 Å². The van der Waals surface area contributed by atoms with Crippen LogP contribution in [0.3, 0.4) is 0 Å². The van der Waals surface area contributed by atoms with E-state index in [9.17, 15) is 9.59 Å². The fraction of sp³-hybridized carbons (Fsp3) is 0.700. The summed E-state index contributed by atoms with van der Waals surface area (Å²) in [5.74, 6) is 0.788. The second-order valence-corrected chi connectivity index (χ2v) is 11.9. The van der Waals surface area contributed by atoms with E-state index in [1.807, 2.05) is 32.0 Å². The number of rotatable bonds is 4. The molecule has 194 valence electrons. The van der Waals surface area contributed by atoms with Gasteiger partial charge >= 0.3 is 0 Å².